The number of anilines is 1. The first kappa shape index (κ1) is 19.4. The molecule has 2 saturated heterocycles. The molecule has 30 heavy (non-hydrogen) atoms. The Kier molecular flexibility index (Phi) is 4.90. The van der Waals surface area contributed by atoms with Crippen molar-refractivity contribution in [2.45, 2.75) is 45.1 Å². The van der Waals surface area contributed by atoms with E-state index < -0.39 is 0 Å². The minimum Gasteiger partial charge on any atom is -0.339 e. The molecule has 0 radical (unpaired) electrons. The first-order valence-corrected chi connectivity index (χ1v) is 11.2. The normalized spacial score (nSPS) is 20.8. The molecule has 4 nitrogen and oxygen atoms in total. The lowest BCUT2D eigenvalue weighted by Crippen LogP contribution is -2.56. The Morgan fingerprint density at radius 1 is 1.00 bits per heavy atom. The van der Waals surface area contributed by atoms with Crippen LogP contribution in [0.3, 0.4) is 0 Å². The molecule has 1 amide bonds. The molecule has 2 aromatic rings. The molecule has 4 heteroatoms. The van der Waals surface area contributed by atoms with Crippen molar-refractivity contribution in [3.05, 3.63) is 70.3 Å². The predicted molar refractivity (Wildman–Crippen MR) is 123 cm³/mol. The molecule has 0 aromatic heterocycles. The first-order chi connectivity index (χ1) is 14.5. The van der Waals surface area contributed by atoms with Gasteiger partial charge in [-0.3, -0.25) is 9.69 Å². The third kappa shape index (κ3) is 3.33. The van der Waals surface area contributed by atoms with E-state index in [4.69, 9.17) is 0 Å². The number of para-hydroxylation sites is 1. The number of piperidine rings is 1. The van der Waals surface area contributed by atoms with Crippen LogP contribution in [0, 0.1) is 13.8 Å². The quantitative estimate of drug-likeness (QED) is 0.842. The van der Waals surface area contributed by atoms with Crippen LogP contribution in [-0.4, -0.2) is 42.6 Å². The molecule has 1 N–H and O–H groups in total. The van der Waals surface area contributed by atoms with Crippen LogP contribution >= 0.6 is 0 Å². The van der Waals surface area contributed by atoms with Gasteiger partial charge in [-0.05, 0) is 73.9 Å². The summed E-state index contributed by atoms with van der Waals surface area (Å²) in [6.45, 7) is 7.98. The molecule has 0 bridgehead atoms. The molecule has 0 saturated carbocycles. The maximum atomic E-state index is 12.8. The van der Waals surface area contributed by atoms with Gasteiger partial charge in [0, 0.05) is 25.3 Å². The topological polar surface area (TPSA) is 35.6 Å². The van der Waals surface area contributed by atoms with E-state index >= 15 is 0 Å². The van der Waals surface area contributed by atoms with Crippen LogP contribution in [-0.2, 0) is 11.2 Å². The van der Waals surface area contributed by atoms with E-state index in [0.717, 1.165) is 51.0 Å². The second-order valence-electron chi connectivity index (χ2n) is 9.17. The molecule has 0 atom stereocenters. The number of hydrogen-bond donors (Lipinski definition) is 1. The maximum Gasteiger partial charge on any atom is 0.247 e. The monoisotopic (exact) mass is 401 g/mol. The van der Waals surface area contributed by atoms with Gasteiger partial charge in [0.2, 0.25) is 5.91 Å². The number of hydrogen-bond acceptors (Lipinski definition) is 3. The molecule has 2 heterocycles. The van der Waals surface area contributed by atoms with Crippen LogP contribution in [0.2, 0.25) is 0 Å². The van der Waals surface area contributed by atoms with Crippen molar-refractivity contribution < 1.29 is 4.79 Å². The number of aryl methyl sites for hydroxylation is 3. The van der Waals surface area contributed by atoms with Gasteiger partial charge in [-0.15, -0.1) is 0 Å². The number of carbonyl (C=O) groups is 1. The number of amides is 1. The minimum atomic E-state index is -0.389. The molecular formula is C26H31N3O. The van der Waals surface area contributed by atoms with Gasteiger partial charge in [-0.1, -0.05) is 42.0 Å². The van der Waals surface area contributed by atoms with Crippen LogP contribution < -0.4 is 10.2 Å². The molecule has 2 aromatic carbocycles. The molecule has 5 rings (SSSR count). The fraction of sp³-hybridized carbons (Fsp3) is 0.423. The number of likely N-dealkylation sites (tertiary alicyclic amines) is 1. The Bertz CT molecular complexity index is 987. The van der Waals surface area contributed by atoms with Crippen molar-refractivity contribution >= 4 is 17.7 Å². The van der Waals surface area contributed by atoms with E-state index in [2.05, 4.69) is 71.4 Å². The largest absolute Gasteiger partial charge is 0.339 e. The summed E-state index contributed by atoms with van der Waals surface area (Å²) < 4.78 is 0. The second-order valence-corrected chi connectivity index (χ2v) is 9.17. The lowest BCUT2D eigenvalue weighted by molar-refractivity contribution is -0.125. The lowest BCUT2D eigenvalue weighted by Gasteiger charge is -2.43. The highest BCUT2D eigenvalue weighted by Crippen LogP contribution is 2.36. The number of carbonyl (C=O) groups excluding carboxylic acids is 1. The zero-order chi connectivity index (χ0) is 20.7. The van der Waals surface area contributed by atoms with Crippen LogP contribution in [0.25, 0.3) is 6.08 Å². The molecule has 3 aliphatic rings. The number of nitrogens with one attached hydrogen (secondary N) is 1. The summed E-state index contributed by atoms with van der Waals surface area (Å²) in [6, 6.07) is 15.1. The average Bonchev–Trinajstić information content (AvgIpc) is 3.07. The van der Waals surface area contributed by atoms with Crippen molar-refractivity contribution in [2.75, 3.05) is 31.2 Å². The summed E-state index contributed by atoms with van der Waals surface area (Å²) in [5, 5.41) is 3.10. The van der Waals surface area contributed by atoms with E-state index in [1.54, 1.807) is 0 Å². The molecule has 1 aliphatic carbocycles. The SMILES string of the molecule is Cc1cc2c(cc1C)CCC(CN1CCC3(CC1)C(=O)NCN3c1ccccc1)=C2. The fourth-order valence-electron chi connectivity index (χ4n) is 5.36. The molecular weight excluding hydrogens is 370 g/mol. The van der Waals surface area contributed by atoms with Crippen LogP contribution in [0.5, 0.6) is 0 Å². The Balaban J connectivity index is 1.29. The van der Waals surface area contributed by atoms with E-state index in [-0.39, 0.29) is 11.4 Å². The van der Waals surface area contributed by atoms with E-state index in [0.29, 0.717) is 6.67 Å². The van der Waals surface area contributed by atoms with Gasteiger partial charge in [-0.2, -0.15) is 0 Å². The highest BCUT2D eigenvalue weighted by Gasteiger charge is 2.50. The summed E-state index contributed by atoms with van der Waals surface area (Å²) in [6.07, 6.45) is 6.47. The minimum absolute atomic E-state index is 0.197. The molecule has 2 aliphatic heterocycles. The van der Waals surface area contributed by atoms with Gasteiger partial charge >= 0.3 is 0 Å². The summed E-state index contributed by atoms with van der Waals surface area (Å²) in [5.74, 6) is 0.197. The highest BCUT2D eigenvalue weighted by molar-refractivity contribution is 5.93. The molecule has 2 fully saturated rings. The van der Waals surface area contributed by atoms with E-state index in [1.165, 1.54) is 27.8 Å². The fourth-order valence-corrected chi connectivity index (χ4v) is 5.36. The Morgan fingerprint density at radius 3 is 2.50 bits per heavy atom. The third-order valence-corrected chi connectivity index (χ3v) is 7.35. The Morgan fingerprint density at radius 2 is 1.73 bits per heavy atom. The van der Waals surface area contributed by atoms with Crippen molar-refractivity contribution in [2.24, 2.45) is 0 Å². The van der Waals surface area contributed by atoms with Crippen LogP contribution in [0.15, 0.2) is 48.0 Å². The zero-order valence-corrected chi connectivity index (χ0v) is 18.1. The third-order valence-electron chi connectivity index (χ3n) is 7.35. The van der Waals surface area contributed by atoms with Gasteiger partial charge < -0.3 is 10.2 Å². The lowest BCUT2D eigenvalue weighted by atomic mass is 9.84. The summed E-state index contributed by atoms with van der Waals surface area (Å²) in [5.41, 5.74) is 7.93. The number of rotatable bonds is 3. The van der Waals surface area contributed by atoms with E-state index in [9.17, 15) is 4.79 Å². The summed E-state index contributed by atoms with van der Waals surface area (Å²) in [7, 11) is 0. The molecule has 0 unspecified atom stereocenters. The van der Waals surface area contributed by atoms with Gasteiger partial charge in [0.25, 0.3) is 0 Å². The first-order valence-electron chi connectivity index (χ1n) is 11.2. The Labute approximate surface area is 179 Å². The van der Waals surface area contributed by atoms with Crippen LogP contribution in [0.1, 0.15) is 41.5 Å². The van der Waals surface area contributed by atoms with Crippen molar-refractivity contribution in [3.8, 4) is 0 Å². The molecule has 156 valence electrons. The number of nitrogens with zero attached hydrogens (tertiary/aromatic N) is 2. The van der Waals surface area contributed by atoms with Crippen LogP contribution in [0.4, 0.5) is 5.69 Å². The average molecular weight is 402 g/mol. The van der Waals surface area contributed by atoms with Crippen molar-refractivity contribution in [1.29, 1.82) is 0 Å². The van der Waals surface area contributed by atoms with Gasteiger partial charge in [-0.25, -0.2) is 0 Å². The zero-order valence-electron chi connectivity index (χ0n) is 18.1. The van der Waals surface area contributed by atoms with Crippen molar-refractivity contribution in [3.63, 3.8) is 0 Å². The van der Waals surface area contributed by atoms with Crippen molar-refractivity contribution in [1.82, 2.24) is 10.2 Å². The summed E-state index contributed by atoms with van der Waals surface area (Å²) in [4.78, 5) is 17.7. The van der Waals surface area contributed by atoms with Gasteiger partial charge in [0.15, 0.2) is 0 Å². The predicted octanol–water partition coefficient (Wildman–Crippen LogP) is 4.06. The maximum absolute atomic E-state index is 12.8. The second kappa shape index (κ2) is 7.59. The standard InChI is InChI=1S/C26H31N3O/c1-19-14-22-9-8-21(16-23(22)15-20(19)2)17-28-12-10-26(11-13-28)25(30)27-18-29(26)24-6-4-3-5-7-24/h3-7,14-16H,8-13,17-18H2,1-2H3,(H,27,30). The Hall–Kier alpha value is -2.59. The number of fused-ring (bicyclic) bond motifs is 1. The number of benzene rings is 2. The smallest absolute Gasteiger partial charge is 0.247 e. The van der Waals surface area contributed by atoms with Gasteiger partial charge in [0.1, 0.15) is 5.54 Å². The van der Waals surface area contributed by atoms with E-state index in [1.807, 2.05) is 6.07 Å². The van der Waals surface area contributed by atoms with Gasteiger partial charge in [0.05, 0.1) is 6.67 Å². The molecule has 1 spiro atoms. The highest BCUT2D eigenvalue weighted by atomic mass is 16.2. The summed E-state index contributed by atoms with van der Waals surface area (Å²) >= 11 is 0.